The van der Waals surface area contributed by atoms with Gasteiger partial charge >= 0.3 is 5.97 Å². The Balaban J connectivity index is 1.58. The molecule has 0 unspecified atom stereocenters. The smallest absolute Gasteiger partial charge is 0.337 e. The predicted octanol–water partition coefficient (Wildman–Crippen LogP) is 4.06. The molecule has 1 aliphatic carbocycles. The SMILES string of the molecule is COC(=O)c1ccc(Nc2ccc(C(=O)NC3CCCCCC3)nc2)cc1. The number of amides is 1. The monoisotopic (exact) mass is 367 g/mol. The van der Waals surface area contributed by atoms with Gasteiger partial charge in [-0.15, -0.1) is 0 Å². The fourth-order valence-corrected chi connectivity index (χ4v) is 3.26. The predicted molar refractivity (Wildman–Crippen MR) is 104 cm³/mol. The molecule has 2 aromatic rings. The van der Waals surface area contributed by atoms with Crippen LogP contribution in [0.15, 0.2) is 42.6 Å². The molecule has 0 bridgehead atoms. The van der Waals surface area contributed by atoms with E-state index < -0.39 is 0 Å². The first-order valence-corrected chi connectivity index (χ1v) is 9.38. The number of aromatic nitrogens is 1. The van der Waals surface area contributed by atoms with Crippen LogP contribution in [0.2, 0.25) is 0 Å². The van der Waals surface area contributed by atoms with Gasteiger partial charge in [-0.25, -0.2) is 9.78 Å². The molecular formula is C21H25N3O3. The molecule has 0 spiro atoms. The average molecular weight is 367 g/mol. The maximum atomic E-state index is 12.4. The number of nitrogens with zero attached hydrogens (tertiary/aromatic N) is 1. The van der Waals surface area contributed by atoms with Crippen LogP contribution in [0.5, 0.6) is 0 Å². The van der Waals surface area contributed by atoms with Gasteiger partial charge in [0.1, 0.15) is 5.69 Å². The third-order valence-corrected chi connectivity index (χ3v) is 4.78. The van der Waals surface area contributed by atoms with Crippen molar-refractivity contribution in [3.05, 3.63) is 53.9 Å². The Hall–Kier alpha value is -2.89. The summed E-state index contributed by atoms with van der Waals surface area (Å²) in [6.07, 6.45) is 8.60. The topological polar surface area (TPSA) is 80.3 Å². The number of benzene rings is 1. The first-order chi connectivity index (χ1) is 13.2. The first kappa shape index (κ1) is 18.9. The number of nitrogens with one attached hydrogen (secondary N) is 2. The fraction of sp³-hybridized carbons (Fsp3) is 0.381. The lowest BCUT2D eigenvalue weighted by Gasteiger charge is -2.16. The fourth-order valence-electron chi connectivity index (χ4n) is 3.26. The van der Waals surface area contributed by atoms with Crippen molar-refractivity contribution in [3.63, 3.8) is 0 Å². The summed E-state index contributed by atoms with van der Waals surface area (Å²) in [5.41, 5.74) is 2.50. The van der Waals surface area contributed by atoms with Gasteiger partial charge < -0.3 is 15.4 Å². The van der Waals surface area contributed by atoms with Gasteiger partial charge in [-0.3, -0.25) is 4.79 Å². The number of carbonyl (C=O) groups excluding carboxylic acids is 2. The van der Waals surface area contributed by atoms with Crippen molar-refractivity contribution in [1.29, 1.82) is 0 Å². The van der Waals surface area contributed by atoms with Crippen molar-refractivity contribution in [2.75, 3.05) is 12.4 Å². The highest BCUT2D eigenvalue weighted by molar-refractivity contribution is 5.92. The molecule has 3 rings (SSSR count). The number of hydrogen-bond acceptors (Lipinski definition) is 5. The molecule has 1 amide bonds. The standard InChI is InChI=1S/C21H25N3O3/c1-27-21(26)15-8-10-17(11-9-15)23-18-12-13-19(22-14-18)20(25)24-16-6-4-2-3-5-7-16/h8-14,16,23H,2-7H2,1H3,(H,24,25). The summed E-state index contributed by atoms with van der Waals surface area (Å²) in [5, 5.41) is 6.30. The minimum Gasteiger partial charge on any atom is -0.465 e. The molecule has 1 aromatic carbocycles. The van der Waals surface area contributed by atoms with Crippen molar-refractivity contribution in [2.24, 2.45) is 0 Å². The zero-order valence-corrected chi connectivity index (χ0v) is 15.5. The van der Waals surface area contributed by atoms with Gasteiger partial charge in [-0.05, 0) is 49.2 Å². The van der Waals surface area contributed by atoms with Gasteiger partial charge in [0.25, 0.3) is 5.91 Å². The number of pyridine rings is 1. The molecule has 1 aliphatic rings. The van der Waals surface area contributed by atoms with Gasteiger partial charge in [0.15, 0.2) is 0 Å². The van der Waals surface area contributed by atoms with Crippen LogP contribution in [0.3, 0.4) is 0 Å². The number of hydrogen-bond donors (Lipinski definition) is 2. The number of anilines is 2. The molecule has 6 heteroatoms. The summed E-state index contributed by atoms with van der Waals surface area (Å²) >= 11 is 0. The second-order valence-corrected chi connectivity index (χ2v) is 6.79. The van der Waals surface area contributed by atoms with Crippen LogP contribution in [-0.4, -0.2) is 30.0 Å². The number of rotatable bonds is 5. The highest BCUT2D eigenvalue weighted by atomic mass is 16.5. The van der Waals surface area contributed by atoms with Gasteiger partial charge in [-0.2, -0.15) is 0 Å². The molecule has 1 fully saturated rings. The average Bonchev–Trinajstić information content (AvgIpc) is 2.97. The number of carbonyl (C=O) groups is 2. The van der Waals surface area contributed by atoms with E-state index in [1.807, 2.05) is 6.07 Å². The largest absolute Gasteiger partial charge is 0.465 e. The summed E-state index contributed by atoms with van der Waals surface area (Å²) in [4.78, 5) is 28.1. The van der Waals surface area contributed by atoms with Gasteiger partial charge in [-0.1, -0.05) is 25.7 Å². The van der Waals surface area contributed by atoms with Crippen molar-refractivity contribution in [3.8, 4) is 0 Å². The van der Waals surface area contributed by atoms with E-state index in [9.17, 15) is 9.59 Å². The van der Waals surface area contributed by atoms with E-state index in [2.05, 4.69) is 20.4 Å². The van der Waals surface area contributed by atoms with Crippen LogP contribution in [-0.2, 0) is 4.74 Å². The number of ether oxygens (including phenoxy) is 1. The van der Waals surface area contributed by atoms with E-state index in [4.69, 9.17) is 0 Å². The summed E-state index contributed by atoms with van der Waals surface area (Å²) < 4.78 is 4.68. The van der Waals surface area contributed by atoms with Crippen LogP contribution in [0.4, 0.5) is 11.4 Å². The highest BCUT2D eigenvalue weighted by Gasteiger charge is 2.16. The normalized spacial score (nSPS) is 14.9. The molecule has 0 atom stereocenters. The summed E-state index contributed by atoms with van der Waals surface area (Å²) in [7, 11) is 1.35. The van der Waals surface area contributed by atoms with Crippen LogP contribution < -0.4 is 10.6 Å². The Morgan fingerprint density at radius 1 is 0.963 bits per heavy atom. The van der Waals surface area contributed by atoms with Crippen molar-refractivity contribution >= 4 is 23.3 Å². The summed E-state index contributed by atoms with van der Waals surface area (Å²) in [6.45, 7) is 0. The Morgan fingerprint density at radius 2 is 1.63 bits per heavy atom. The van der Waals surface area contributed by atoms with Gasteiger partial charge in [0.05, 0.1) is 24.6 Å². The number of methoxy groups -OCH3 is 1. The zero-order valence-electron chi connectivity index (χ0n) is 15.5. The molecule has 0 aliphatic heterocycles. The molecule has 2 N–H and O–H groups in total. The minimum atomic E-state index is -0.368. The van der Waals surface area contributed by atoms with Crippen LogP contribution >= 0.6 is 0 Å². The van der Waals surface area contributed by atoms with Gasteiger partial charge in [0.2, 0.25) is 0 Å². The maximum absolute atomic E-state index is 12.4. The molecular weight excluding hydrogens is 342 g/mol. The maximum Gasteiger partial charge on any atom is 0.337 e. The van der Waals surface area contributed by atoms with E-state index >= 15 is 0 Å². The zero-order chi connectivity index (χ0) is 19.1. The van der Waals surface area contributed by atoms with E-state index in [-0.39, 0.29) is 17.9 Å². The Kier molecular flexibility index (Phi) is 6.41. The summed E-state index contributed by atoms with van der Waals surface area (Å²) in [6, 6.07) is 10.8. The lowest BCUT2D eigenvalue weighted by molar-refractivity contribution is 0.0600. The third kappa shape index (κ3) is 5.29. The van der Waals surface area contributed by atoms with Crippen LogP contribution in [0.25, 0.3) is 0 Å². The Morgan fingerprint density at radius 3 is 2.22 bits per heavy atom. The van der Waals surface area contributed by atoms with E-state index in [1.54, 1.807) is 36.5 Å². The molecule has 0 radical (unpaired) electrons. The third-order valence-electron chi connectivity index (χ3n) is 4.78. The highest BCUT2D eigenvalue weighted by Crippen LogP contribution is 2.19. The molecule has 1 aromatic heterocycles. The quantitative estimate of drug-likeness (QED) is 0.615. The molecule has 1 heterocycles. The molecule has 142 valence electrons. The Labute approximate surface area is 159 Å². The second-order valence-electron chi connectivity index (χ2n) is 6.79. The van der Waals surface area contributed by atoms with E-state index in [1.165, 1.54) is 32.8 Å². The summed E-state index contributed by atoms with van der Waals surface area (Å²) in [5.74, 6) is -0.483. The minimum absolute atomic E-state index is 0.115. The molecule has 0 saturated heterocycles. The first-order valence-electron chi connectivity index (χ1n) is 9.38. The van der Waals surface area contributed by atoms with Crippen molar-refractivity contribution in [2.45, 2.75) is 44.6 Å². The second kappa shape index (κ2) is 9.16. The van der Waals surface area contributed by atoms with E-state index in [0.29, 0.717) is 11.3 Å². The van der Waals surface area contributed by atoms with Crippen molar-refractivity contribution in [1.82, 2.24) is 10.3 Å². The Bertz CT molecular complexity index is 764. The molecule has 1 saturated carbocycles. The number of esters is 1. The lowest BCUT2D eigenvalue weighted by atomic mass is 10.1. The molecule has 6 nitrogen and oxygen atoms in total. The van der Waals surface area contributed by atoms with Gasteiger partial charge in [0, 0.05) is 11.7 Å². The van der Waals surface area contributed by atoms with Crippen molar-refractivity contribution < 1.29 is 14.3 Å². The van der Waals surface area contributed by atoms with Crippen LogP contribution in [0, 0.1) is 0 Å². The van der Waals surface area contributed by atoms with Crippen LogP contribution in [0.1, 0.15) is 59.4 Å². The molecule has 27 heavy (non-hydrogen) atoms. The lowest BCUT2D eigenvalue weighted by Crippen LogP contribution is -2.34. The van der Waals surface area contributed by atoms with E-state index in [0.717, 1.165) is 24.2 Å².